The third-order valence-corrected chi connectivity index (χ3v) is 5.87. The first-order valence-corrected chi connectivity index (χ1v) is 11.2. The molecule has 0 saturated carbocycles. The van der Waals surface area contributed by atoms with Crippen LogP contribution in [0.1, 0.15) is 42.8 Å². The molecule has 0 spiro atoms. The summed E-state index contributed by atoms with van der Waals surface area (Å²) in [6.45, 7) is 10.4. The van der Waals surface area contributed by atoms with Crippen molar-refractivity contribution in [1.82, 2.24) is 15.1 Å². The van der Waals surface area contributed by atoms with Crippen molar-refractivity contribution in [2.45, 2.75) is 39.3 Å². The number of nitrogens with zero attached hydrogens (tertiary/aromatic N) is 2. The topological polar surface area (TPSA) is 61.9 Å². The SMILES string of the molecule is Cc1ccc([C@H](NC(=O)CN2CCN(C(=O)OC(C)(C)C)CC2)c2cccs2)cc1. The number of piperazine rings is 1. The first kappa shape index (κ1) is 22.3. The number of carbonyl (C=O) groups is 2. The van der Waals surface area contributed by atoms with Gasteiger partial charge in [0.25, 0.3) is 0 Å². The summed E-state index contributed by atoms with van der Waals surface area (Å²) in [6.07, 6.45) is -0.288. The van der Waals surface area contributed by atoms with Gasteiger partial charge >= 0.3 is 6.09 Å². The molecular formula is C23H31N3O3S. The Morgan fingerprint density at radius 2 is 1.77 bits per heavy atom. The summed E-state index contributed by atoms with van der Waals surface area (Å²) < 4.78 is 5.44. The van der Waals surface area contributed by atoms with Crippen LogP contribution in [0.2, 0.25) is 0 Å². The summed E-state index contributed by atoms with van der Waals surface area (Å²) in [4.78, 5) is 29.9. The van der Waals surface area contributed by atoms with Crippen LogP contribution in [0.25, 0.3) is 0 Å². The van der Waals surface area contributed by atoms with Gasteiger partial charge in [0.05, 0.1) is 12.6 Å². The Bertz CT molecular complexity index is 836. The number of carbonyl (C=O) groups excluding carboxylic acids is 2. The van der Waals surface area contributed by atoms with Gasteiger partial charge < -0.3 is 15.0 Å². The fourth-order valence-electron chi connectivity index (χ4n) is 3.36. The maximum Gasteiger partial charge on any atom is 0.410 e. The second-order valence-corrected chi connectivity index (χ2v) is 9.65. The van der Waals surface area contributed by atoms with Crippen LogP contribution >= 0.6 is 11.3 Å². The number of aryl methyl sites for hydroxylation is 1. The molecule has 1 atom stereocenters. The number of hydrogen-bond acceptors (Lipinski definition) is 5. The van der Waals surface area contributed by atoms with Crippen molar-refractivity contribution in [3.63, 3.8) is 0 Å². The molecule has 6 nitrogen and oxygen atoms in total. The second kappa shape index (κ2) is 9.62. The number of benzene rings is 1. The van der Waals surface area contributed by atoms with Crippen LogP contribution in [0.5, 0.6) is 0 Å². The molecule has 1 aliphatic heterocycles. The van der Waals surface area contributed by atoms with Gasteiger partial charge in [-0.05, 0) is 44.7 Å². The first-order chi connectivity index (χ1) is 14.2. The van der Waals surface area contributed by atoms with Crippen LogP contribution < -0.4 is 5.32 Å². The van der Waals surface area contributed by atoms with Crippen molar-refractivity contribution in [3.8, 4) is 0 Å². The standard InChI is InChI=1S/C23H31N3O3S/c1-17-7-9-18(10-8-17)21(19-6-5-15-30-19)24-20(27)16-25-11-13-26(14-12-25)22(28)29-23(2,3)4/h5-10,15,21H,11-14,16H2,1-4H3,(H,24,27)/t21-/m0/s1. The zero-order chi connectivity index (χ0) is 21.7. The third kappa shape index (κ3) is 6.31. The summed E-state index contributed by atoms with van der Waals surface area (Å²) >= 11 is 1.64. The zero-order valence-electron chi connectivity index (χ0n) is 18.2. The summed E-state index contributed by atoms with van der Waals surface area (Å²) in [6, 6.07) is 12.2. The quantitative estimate of drug-likeness (QED) is 0.785. The highest BCUT2D eigenvalue weighted by atomic mass is 32.1. The lowest BCUT2D eigenvalue weighted by atomic mass is 10.0. The lowest BCUT2D eigenvalue weighted by molar-refractivity contribution is -0.123. The molecule has 162 valence electrons. The van der Waals surface area contributed by atoms with Crippen LogP contribution in [0, 0.1) is 6.92 Å². The highest BCUT2D eigenvalue weighted by Crippen LogP contribution is 2.26. The second-order valence-electron chi connectivity index (χ2n) is 8.67. The van der Waals surface area contributed by atoms with E-state index >= 15 is 0 Å². The molecule has 0 aliphatic carbocycles. The van der Waals surface area contributed by atoms with Crippen LogP contribution in [0.15, 0.2) is 41.8 Å². The van der Waals surface area contributed by atoms with E-state index in [1.807, 2.05) is 32.2 Å². The van der Waals surface area contributed by atoms with Gasteiger partial charge in [-0.25, -0.2) is 4.79 Å². The van der Waals surface area contributed by atoms with Gasteiger partial charge in [0, 0.05) is 31.1 Å². The van der Waals surface area contributed by atoms with Gasteiger partial charge in [0.1, 0.15) is 5.60 Å². The van der Waals surface area contributed by atoms with Gasteiger partial charge in [-0.1, -0.05) is 35.9 Å². The molecule has 2 heterocycles. The number of thiophene rings is 1. The molecule has 1 N–H and O–H groups in total. The Morgan fingerprint density at radius 3 is 2.33 bits per heavy atom. The van der Waals surface area contributed by atoms with Gasteiger partial charge in [0.15, 0.2) is 0 Å². The lowest BCUT2D eigenvalue weighted by Gasteiger charge is -2.35. The Hall–Kier alpha value is -2.38. The first-order valence-electron chi connectivity index (χ1n) is 10.3. The normalized spacial score (nSPS) is 16.2. The van der Waals surface area contributed by atoms with Gasteiger partial charge in [-0.2, -0.15) is 0 Å². The minimum atomic E-state index is -0.499. The monoisotopic (exact) mass is 429 g/mol. The minimum Gasteiger partial charge on any atom is -0.444 e. The largest absolute Gasteiger partial charge is 0.444 e. The third-order valence-electron chi connectivity index (χ3n) is 4.93. The Kier molecular flexibility index (Phi) is 7.15. The van der Waals surface area contributed by atoms with Crippen LogP contribution in [0.3, 0.4) is 0 Å². The molecule has 2 amide bonds. The van der Waals surface area contributed by atoms with E-state index in [2.05, 4.69) is 47.5 Å². The molecule has 30 heavy (non-hydrogen) atoms. The lowest BCUT2D eigenvalue weighted by Crippen LogP contribution is -2.52. The van der Waals surface area contributed by atoms with E-state index in [0.29, 0.717) is 32.7 Å². The van der Waals surface area contributed by atoms with Crippen molar-refractivity contribution in [1.29, 1.82) is 0 Å². The number of nitrogens with one attached hydrogen (secondary N) is 1. The average molecular weight is 430 g/mol. The van der Waals surface area contributed by atoms with E-state index < -0.39 is 5.60 Å². The maximum absolute atomic E-state index is 12.8. The molecule has 2 aromatic rings. The molecule has 3 rings (SSSR count). The summed E-state index contributed by atoms with van der Waals surface area (Å²) in [5.41, 5.74) is 1.77. The molecule has 0 radical (unpaired) electrons. The molecule has 1 saturated heterocycles. The molecule has 1 aliphatic rings. The molecule has 1 aromatic carbocycles. The predicted octanol–water partition coefficient (Wildman–Crippen LogP) is 3.81. The van der Waals surface area contributed by atoms with Gasteiger partial charge in [-0.3, -0.25) is 9.69 Å². The van der Waals surface area contributed by atoms with Crippen LogP contribution in [0.4, 0.5) is 4.79 Å². The van der Waals surface area contributed by atoms with E-state index in [4.69, 9.17) is 4.74 Å². The fourth-order valence-corrected chi connectivity index (χ4v) is 4.16. The fraction of sp³-hybridized carbons (Fsp3) is 0.478. The Labute approximate surface area is 182 Å². The zero-order valence-corrected chi connectivity index (χ0v) is 19.0. The molecule has 1 fully saturated rings. The Balaban J connectivity index is 1.55. The Morgan fingerprint density at radius 1 is 1.10 bits per heavy atom. The van der Waals surface area contributed by atoms with E-state index in [1.165, 1.54) is 5.56 Å². The van der Waals surface area contributed by atoms with Crippen molar-refractivity contribution < 1.29 is 14.3 Å². The molecule has 1 aromatic heterocycles. The molecule has 0 bridgehead atoms. The molecular weight excluding hydrogens is 398 g/mol. The molecule has 7 heteroatoms. The highest BCUT2D eigenvalue weighted by Gasteiger charge is 2.27. The van der Waals surface area contributed by atoms with Crippen LogP contribution in [-0.2, 0) is 9.53 Å². The van der Waals surface area contributed by atoms with E-state index in [0.717, 1.165) is 10.4 Å². The smallest absolute Gasteiger partial charge is 0.410 e. The van der Waals surface area contributed by atoms with Gasteiger partial charge in [0.2, 0.25) is 5.91 Å². The summed E-state index contributed by atoms with van der Waals surface area (Å²) in [5.74, 6) is -0.0142. The van der Waals surface area contributed by atoms with Gasteiger partial charge in [-0.15, -0.1) is 11.3 Å². The number of hydrogen-bond donors (Lipinski definition) is 1. The summed E-state index contributed by atoms with van der Waals surface area (Å²) in [5, 5.41) is 5.22. The van der Waals surface area contributed by atoms with Crippen molar-refractivity contribution in [3.05, 3.63) is 57.8 Å². The highest BCUT2D eigenvalue weighted by molar-refractivity contribution is 7.10. The number of rotatable bonds is 5. The number of amides is 2. The van der Waals surface area contributed by atoms with Crippen molar-refractivity contribution in [2.75, 3.05) is 32.7 Å². The minimum absolute atomic E-state index is 0.0142. The van der Waals surface area contributed by atoms with Crippen LogP contribution in [-0.4, -0.2) is 60.1 Å². The molecule has 0 unspecified atom stereocenters. The van der Waals surface area contributed by atoms with Crippen molar-refractivity contribution in [2.24, 2.45) is 0 Å². The van der Waals surface area contributed by atoms with Crippen molar-refractivity contribution >= 4 is 23.3 Å². The van der Waals surface area contributed by atoms with E-state index in [1.54, 1.807) is 16.2 Å². The number of ether oxygens (including phenoxy) is 1. The average Bonchev–Trinajstić information content (AvgIpc) is 3.20. The van der Waals surface area contributed by atoms with E-state index in [9.17, 15) is 9.59 Å². The predicted molar refractivity (Wildman–Crippen MR) is 120 cm³/mol. The summed E-state index contributed by atoms with van der Waals surface area (Å²) in [7, 11) is 0. The maximum atomic E-state index is 12.8. The van der Waals surface area contributed by atoms with E-state index in [-0.39, 0.29) is 18.0 Å².